The van der Waals surface area contributed by atoms with Crippen molar-refractivity contribution in [2.24, 2.45) is 17.8 Å². The van der Waals surface area contributed by atoms with Crippen LogP contribution < -0.4 is 10.1 Å². The number of rotatable bonds is 5. The highest BCUT2D eigenvalue weighted by molar-refractivity contribution is 5.30. The van der Waals surface area contributed by atoms with E-state index in [-0.39, 0.29) is 5.82 Å². The summed E-state index contributed by atoms with van der Waals surface area (Å²) in [6.45, 7) is 0. The minimum absolute atomic E-state index is 0.256. The summed E-state index contributed by atoms with van der Waals surface area (Å²) in [5, 5.41) is 3.46. The number of methoxy groups -OCH3 is 1. The molecule has 0 spiro atoms. The summed E-state index contributed by atoms with van der Waals surface area (Å²) in [6.07, 6.45) is 6.49. The molecule has 0 bridgehead atoms. The number of benzene rings is 1. The molecule has 2 saturated carbocycles. The maximum absolute atomic E-state index is 13.8. The Hall–Kier alpha value is -1.09. The van der Waals surface area contributed by atoms with Crippen LogP contribution in [-0.4, -0.2) is 20.2 Å². The molecule has 3 unspecified atom stereocenters. The zero-order chi connectivity index (χ0) is 14.1. The van der Waals surface area contributed by atoms with E-state index in [0.29, 0.717) is 11.8 Å². The Balaban J connectivity index is 1.67. The van der Waals surface area contributed by atoms with Crippen LogP contribution >= 0.6 is 0 Å². The van der Waals surface area contributed by atoms with E-state index >= 15 is 0 Å². The molecular formula is C17H24FNO. The summed E-state index contributed by atoms with van der Waals surface area (Å²) < 4.78 is 18.7. The maximum atomic E-state index is 13.8. The van der Waals surface area contributed by atoms with Gasteiger partial charge >= 0.3 is 0 Å². The van der Waals surface area contributed by atoms with Crippen molar-refractivity contribution in [2.45, 2.75) is 38.1 Å². The predicted octanol–water partition coefficient (Wildman–Crippen LogP) is 3.40. The summed E-state index contributed by atoms with van der Waals surface area (Å²) in [4.78, 5) is 0. The molecular weight excluding hydrogens is 253 g/mol. The highest BCUT2D eigenvalue weighted by Gasteiger charge is 2.53. The SMILES string of the molecule is CNC(Cc1ccc(OC)c(F)c1)C1C2CCCCC21. The first kappa shape index (κ1) is 13.9. The van der Waals surface area contributed by atoms with E-state index in [1.165, 1.54) is 32.8 Å². The van der Waals surface area contributed by atoms with E-state index in [1.807, 2.05) is 13.1 Å². The van der Waals surface area contributed by atoms with Gasteiger partial charge < -0.3 is 10.1 Å². The molecule has 0 saturated heterocycles. The fraction of sp³-hybridized carbons (Fsp3) is 0.647. The van der Waals surface area contributed by atoms with Crippen molar-refractivity contribution in [3.05, 3.63) is 29.6 Å². The molecule has 0 aromatic heterocycles. The lowest BCUT2D eigenvalue weighted by atomic mass is 10.00. The zero-order valence-corrected chi connectivity index (χ0v) is 12.4. The Morgan fingerprint density at radius 2 is 2.00 bits per heavy atom. The van der Waals surface area contributed by atoms with Crippen molar-refractivity contribution in [3.63, 3.8) is 0 Å². The maximum Gasteiger partial charge on any atom is 0.165 e. The Kier molecular flexibility index (Phi) is 3.97. The lowest BCUT2D eigenvalue weighted by Crippen LogP contribution is -2.31. The average molecular weight is 277 g/mol. The molecule has 1 aromatic carbocycles. The molecule has 3 rings (SSSR count). The van der Waals surface area contributed by atoms with Gasteiger partial charge in [-0.25, -0.2) is 4.39 Å². The van der Waals surface area contributed by atoms with Crippen molar-refractivity contribution in [3.8, 4) is 5.75 Å². The zero-order valence-electron chi connectivity index (χ0n) is 12.4. The smallest absolute Gasteiger partial charge is 0.165 e. The third-order valence-electron chi connectivity index (χ3n) is 5.23. The third-order valence-corrected chi connectivity index (χ3v) is 5.23. The molecule has 20 heavy (non-hydrogen) atoms. The van der Waals surface area contributed by atoms with E-state index in [1.54, 1.807) is 12.1 Å². The molecule has 0 radical (unpaired) electrons. The van der Waals surface area contributed by atoms with Gasteiger partial charge in [0.25, 0.3) is 0 Å². The molecule has 3 heteroatoms. The summed E-state index contributed by atoms with van der Waals surface area (Å²) in [5.74, 6) is 2.71. The highest BCUT2D eigenvalue weighted by atomic mass is 19.1. The first-order valence-corrected chi connectivity index (χ1v) is 7.74. The van der Waals surface area contributed by atoms with Crippen molar-refractivity contribution in [1.82, 2.24) is 5.32 Å². The van der Waals surface area contributed by atoms with Crippen LogP contribution in [0.15, 0.2) is 18.2 Å². The van der Waals surface area contributed by atoms with Crippen molar-refractivity contribution in [1.29, 1.82) is 0 Å². The predicted molar refractivity (Wildman–Crippen MR) is 78.4 cm³/mol. The summed E-state index contributed by atoms with van der Waals surface area (Å²) >= 11 is 0. The van der Waals surface area contributed by atoms with E-state index in [0.717, 1.165) is 29.7 Å². The van der Waals surface area contributed by atoms with E-state index in [2.05, 4.69) is 5.32 Å². The van der Waals surface area contributed by atoms with Crippen molar-refractivity contribution < 1.29 is 9.13 Å². The van der Waals surface area contributed by atoms with E-state index in [9.17, 15) is 4.39 Å². The molecule has 0 heterocycles. The molecule has 0 amide bonds. The fourth-order valence-electron chi connectivity index (χ4n) is 4.17. The Morgan fingerprint density at radius 1 is 1.30 bits per heavy atom. The van der Waals surface area contributed by atoms with Crippen LogP contribution in [0.4, 0.5) is 4.39 Å². The van der Waals surface area contributed by atoms with Gasteiger partial charge in [-0.05, 0) is 61.8 Å². The fourth-order valence-corrected chi connectivity index (χ4v) is 4.17. The molecule has 2 fully saturated rings. The van der Waals surface area contributed by atoms with Crippen LogP contribution in [0.5, 0.6) is 5.75 Å². The van der Waals surface area contributed by atoms with Gasteiger partial charge in [0.1, 0.15) is 0 Å². The van der Waals surface area contributed by atoms with Crippen molar-refractivity contribution in [2.75, 3.05) is 14.2 Å². The van der Waals surface area contributed by atoms with E-state index < -0.39 is 0 Å². The first-order chi connectivity index (χ1) is 9.74. The molecule has 1 aromatic rings. The quantitative estimate of drug-likeness (QED) is 0.890. The van der Waals surface area contributed by atoms with Gasteiger partial charge in [0, 0.05) is 6.04 Å². The number of hydrogen-bond donors (Lipinski definition) is 1. The topological polar surface area (TPSA) is 21.3 Å². The Morgan fingerprint density at radius 3 is 2.55 bits per heavy atom. The number of fused-ring (bicyclic) bond motifs is 1. The lowest BCUT2D eigenvalue weighted by molar-refractivity contribution is 0.385. The molecule has 2 nitrogen and oxygen atoms in total. The summed E-state index contributed by atoms with van der Waals surface area (Å²) in [7, 11) is 3.54. The third kappa shape index (κ3) is 2.56. The second-order valence-corrected chi connectivity index (χ2v) is 6.26. The van der Waals surface area contributed by atoms with Gasteiger partial charge in [0.05, 0.1) is 7.11 Å². The van der Waals surface area contributed by atoms with Gasteiger partial charge in [-0.2, -0.15) is 0 Å². The molecule has 1 N–H and O–H groups in total. The highest BCUT2D eigenvalue weighted by Crippen LogP contribution is 2.57. The minimum Gasteiger partial charge on any atom is -0.494 e. The molecule has 0 aliphatic heterocycles. The molecule has 110 valence electrons. The Bertz CT molecular complexity index is 464. The van der Waals surface area contributed by atoms with E-state index in [4.69, 9.17) is 4.74 Å². The number of hydrogen-bond acceptors (Lipinski definition) is 2. The number of halogens is 1. The second-order valence-electron chi connectivity index (χ2n) is 6.26. The lowest BCUT2D eigenvalue weighted by Gasteiger charge is -2.17. The summed E-state index contributed by atoms with van der Waals surface area (Å²) in [5.41, 5.74) is 1.06. The van der Waals surface area contributed by atoms with Crippen LogP contribution in [0.3, 0.4) is 0 Å². The van der Waals surface area contributed by atoms with Crippen LogP contribution in [0.1, 0.15) is 31.2 Å². The second kappa shape index (κ2) is 5.72. The van der Waals surface area contributed by atoms with Crippen molar-refractivity contribution >= 4 is 0 Å². The summed E-state index contributed by atoms with van der Waals surface area (Å²) in [6, 6.07) is 5.82. The minimum atomic E-state index is -0.256. The van der Waals surface area contributed by atoms with Gasteiger partial charge in [-0.1, -0.05) is 18.9 Å². The van der Waals surface area contributed by atoms with Crippen LogP contribution in [0.2, 0.25) is 0 Å². The van der Waals surface area contributed by atoms with Gasteiger partial charge in [-0.15, -0.1) is 0 Å². The standard InChI is InChI=1S/C17H24FNO/c1-19-15(17-12-5-3-4-6-13(12)17)10-11-7-8-16(20-2)14(18)9-11/h7-9,12-13,15,17,19H,3-6,10H2,1-2H3. The first-order valence-electron chi connectivity index (χ1n) is 7.74. The molecule has 2 aliphatic carbocycles. The number of nitrogens with one attached hydrogen (secondary N) is 1. The van der Waals surface area contributed by atoms with Crippen LogP contribution in [0.25, 0.3) is 0 Å². The van der Waals surface area contributed by atoms with Gasteiger partial charge in [-0.3, -0.25) is 0 Å². The normalized spacial score (nSPS) is 29.6. The average Bonchev–Trinajstić information content (AvgIpc) is 3.19. The molecule has 3 atom stereocenters. The van der Waals surface area contributed by atoms with Gasteiger partial charge in [0.2, 0.25) is 0 Å². The van der Waals surface area contributed by atoms with Crippen LogP contribution in [-0.2, 0) is 6.42 Å². The van der Waals surface area contributed by atoms with Crippen LogP contribution in [0, 0.1) is 23.6 Å². The number of ether oxygens (including phenoxy) is 1. The number of likely N-dealkylation sites (N-methyl/N-ethyl adjacent to an activating group) is 1. The molecule has 2 aliphatic rings. The monoisotopic (exact) mass is 277 g/mol. The largest absolute Gasteiger partial charge is 0.494 e. The van der Waals surface area contributed by atoms with Gasteiger partial charge in [0.15, 0.2) is 11.6 Å². The Labute approximate surface area is 120 Å².